The highest BCUT2D eigenvalue weighted by atomic mass is 19.1. The van der Waals surface area contributed by atoms with Crippen LogP contribution in [-0.2, 0) is 10.3 Å². The summed E-state index contributed by atoms with van der Waals surface area (Å²) in [5, 5.41) is 9.17. The average Bonchev–Trinajstić information content (AvgIpc) is 3.02. The van der Waals surface area contributed by atoms with E-state index in [1.807, 2.05) is 12.1 Å². The second-order valence-corrected chi connectivity index (χ2v) is 10.7. The Labute approximate surface area is 202 Å². The number of urea groups is 1. The van der Waals surface area contributed by atoms with Crippen molar-refractivity contribution in [1.82, 2.24) is 19.6 Å². The van der Waals surface area contributed by atoms with Crippen molar-refractivity contribution in [2.75, 3.05) is 53.9 Å². The lowest BCUT2D eigenvalue weighted by atomic mass is 9.68. The van der Waals surface area contributed by atoms with Crippen molar-refractivity contribution in [1.29, 1.82) is 0 Å². The molecule has 1 heterocycles. The maximum Gasteiger partial charge on any atom is 0.321 e. The number of halogens is 1. The number of hydrogen-bond acceptors (Lipinski definition) is 4. The zero-order valence-electron chi connectivity index (χ0n) is 20.8. The minimum Gasteiger partial charge on any atom is -0.395 e. The largest absolute Gasteiger partial charge is 0.395 e. The molecule has 0 bridgehead atoms. The third-order valence-electron chi connectivity index (χ3n) is 8.66. The molecule has 0 aromatic heterocycles. The Morgan fingerprint density at radius 2 is 1.76 bits per heavy atom. The molecule has 4 rings (SSSR count). The molecule has 34 heavy (non-hydrogen) atoms. The summed E-state index contributed by atoms with van der Waals surface area (Å²) in [4.78, 5) is 33.8. The molecule has 3 fully saturated rings. The lowest BCUT2D eigenvalue weighted by Crippen LogP contribution is -2.56. The van der Waals surface area contributed by atoms with E-state index in [2.05, 4.69) is 23.9 Å². The van der Waals surface area contributed by atoms with Gasteiger partial charge in [0.05, 0.1) is 12.1 Å². The number of nitrogens with zero attached hydrogens (tertiary/aromatic N) is 4. The summed E-state index contributed by atoms with van der Waals surface area (Å²) in [5.74, 6) is 0.170. The zero-order valence-corrected chi connectivity index (χ0v) is 20.8. The molecule has 3 aliphatic rings. The number of likely N-dealkylation sites (N-methyl/N-ethyl adjacent to an activating group) is 1. The van der Waals surface area contributed by atoms with E-state index < -0.39 is 0 Å². The van der Waals surface area contributed by atoms with E-state index in [0.29, 0.717) is 12.5 Å². The first-order chi connectivity index (χ1) is 16.2. The van der Waals surface area contributed by atoms with Crippen LogP contribution in [0.25, 0.3) is 0 Å². The second kappa shape index (κ2) is 9.82. The molecule has 0 unspecified atom stereocenters. The van der Waals surface area contributed by atoms with E-state index in [4.69, 9.17) is 5.11 Å². The van der Waals surface area contributed by atoms with Gasteiger partial charge >= 0.3 is 6.03 Å². The van der Waals surface area contributed by atoms with Gasteiger partial charge in [-0.3, -0.25) is 9.69 Å². The highest BCUT2D eigenvalue weighted by molar-refractivity contribution is 5.86. The maximum atomic E-state index is 13.6. The molecule has 2 aliphatic carbocycles. The first kappa shape index (κ1) is 24.9. The number of benzene rings is 1. The van der Waals surface area contributed by atoms with E-state index in [1.165, 1.54) is 23.5 Å². The van der Waals surface area contributed by atoms with Crippen LogP contribution in [0.15, 0.2) is 24.3 Å². The summed E-state index contributed by atoms with van der Waals surface area (Å²) >= 11 is 0. The molecular formula is C26H39FN4O3. The third-order valence-corrected chi connectivity index (χ3v) is 8.66. The molecule has 1 spiro atoms. The second-order valence-electron chi connectivity index (χ2n) is 10.7. The highest BCUT2D eigenvalue weighted by Crippen LogP contribution is 2.49. The van der Waals surface area contributed by atoms with Crippen LogP contribution in [0, 0.1) is 11.7 Å². The van der Waals surface area contributed by atoms with E-state index in [1.54, 1.807) is 11.9 Å². The van der Waals surface area contributed by atoms with Gasteiger partial charge in [-0.2, -0.15) is 0 Å². The minimum atomic E-state index is -0.276. The van der Waals surface area contributed by atoms with Gasteiger partial charge in [0, 0.05) is 32.2 Å². The van der Waals surface area contributed by atoms with Crippen LogP contribution in [0.4, 0.5) is 9.18 Å². The van der Waals surface area contributed by atoms with Gasteiger partial charge in [0.15, 0.2) is 0 Å². The van der Waals surface area contributed by atoms with Crippen molar-refractivity contribution >= 4 is 11.9 Å². The fourth-order valence-electron chi connectivity index (χ4n) is 6.08. The fourth-order valence-corrected chi connectivity index (χ4v) is 6.08. The summed E-state index contributed by atoms with van der Waals surface area (Å²) in [7, 11) is 5.82. The number of carbonyl (C=O) groups is 2. The lowest BCUT2D eigenvalue weighted by Gasteiger charge is -2.51. The first-order valence-corrected chi connectivity index (χ1v) is 12.6. The molecule has 3 amide bonds. The quantitative estimate of drug-likeness (QED) is 0.629. The molecule has 1 aliphatic heterocycles. The van der Waals surface area contributed by atoms with Crippen LogP contribution in [0.3, 0.4) is 0 Å². The molecule has 1 saturated heterocycles. The van der Waals surface area contributed by atoms with Crippen LogP contribution in [0.1, 0.15) is 50.5 Å². The maximum absolute atomic E-state index is 13.6. The highest BCUT2D eigenvalue weighted by Gasteiger charge is 2.55. The van der Waals surface area contributed by atoms with Crippen LogP contribution >= 0.6 is 0 Å². The van der Waals surface area contributed by atoms with Crippen LogP contribution in [0.5, 0.6) is 0 Å². The Kier molecular flexibility index (Phi) is 7.20. The number of aliphatic hydroxyl groups is 1. The Hall–Kier alpha value is -2.19. The van der Waals surface area contributed by atoms with Crippen molar-refractivity contribution in [3.05, 3.63) is 35.6 Å². The van der Waals surface area contributed by atoms with Crippen molar-refractivity contribution in [3.8, 4) is 0 Å². The van der Waals surface area contributed by atoms with Crippen LogP contribution in [0.2, 0.25) is 0 Å². The monoisotopic (exact) mass is 474 g/mol. The zero-order chi connectivity index (χ0) is 24.5. The minimum absolute atomic E-state index is 0.0308. The Balaban J connectivity index is 1.55. The van der Waals surface area contributed by atoms with Crippen LogP contribution < -0.4 is 0 Å². The van der Waals surface area contributed by atoms with Gasteiger partial charge in [-0.25, -0.2) is 9.18 Å². The van der Waals surface area contributed by atoms with Crippen LogP contribution in [-0.4, -0.2) is 96.1 Å². The predicted molar refractivity (Wildman–Crippen MR) is 129 cm³/mol. The van der Waals surface area contributed by atoms with E-state index in [0.717, 1.165) is 50.6 Å². The molecule has 0 atom stereocenters. The van der Waals surface area contributed by atoms with Gasteiger partial charge in [-0.15, -0.1) is 0 Å². The molecule has 1 aromatic rings. The summed E-state index contributed by atoms with van der Waals surface area (Å²) in [6.45, 7) is 1.55. The van der Waals surface area contributed by atoms with E-state index in [-0.39, 0.29) is 48.5 Å². The van der Waals surface area contributed by atoms with Gasteiger partial charge in [-0.1, -0.05) is 18.6 Å². The fraction of sp³-hybridized carbons (Fsp3) is 0.692. The molecule has 8 heteroatoms. The molecule has 2 saturated carbocycles. The van der Waals surface area contributed by atoms with E-state index in [9.17, 15) is 14.0 Å². The predicted octanol–water partition coefficient (Wildman–Crippen LogP) is 2.88. The van der Waals surface area contributed by atoms with Crippen molar-refractivity contribution in [2.45, 2.75) is 56.0 Å². The van der Waals surface area contributed by atoms with Crippen molar-refractivity contribution < 1.29 is 19.1 Å². The van der Waals surface area contributed by atoms with Gasteiger partial charge in [0.25, 0.3) is 0 Å². The van der Waals surface area contributed by atoms with Gasteiger partial charge in [0.2, 0.25) is 5.91 Å². The molecule has 1 aromatic carbocycles. The molecule has 0 radical (unpaired) electrons. The Morgan fingerprint density at radius 3 is 2.29 bits per heavy atom. The van der Waals surface area contributed by atoms with Crippen molar-refractivity contribution in [2.24, 2.45) is 5.92 Å². The molecular weight excluding hydrogens is 435 g/mol. The first-order valence-electron chi connectivity index (χ1n) is 12.6. The average molecular weight is 475 g/mol. The summed E-state index contributed by atoms with van der Waals surface area (Å²) in [6, 6.07) is 6.81. The van der Waals surface area contributed by atoms with Gasteiger partial charge in [-0.05, 0) is 76.2 Å². The number of rotatable bonds is 8. The van der Waals surface area contributed by atoms with Gasteiger partial charge < -0.3 is 19.8 Å². The Bertz CT molecular complexity index is 879. The molecule has 188 valence electrons. The lowest BCUT2D eigenvalue weighted by molar-refractivity contribution is -0.130. The number of hydrogen-bond donors (Lipinski definition) is 1. The smallest absolute Gasteiger partial charge is 0.321 e. The number of carbonyl (C=O) groups excluding carboxylic acids is 2. The SMILES string of the molecule is CN(CCO)C(=O)CN1C[C@]2(CC[C@@](c3ccc(F)cc3)(N(C)C)CC2)N(CC2CCC2)C1=O. The topological polar surface area (TPSA) is 67.3 Å². The van der Waals surface area contributed by atoms with E-state index >= 15 is 0 Å². The summed E-state index contributed by atoms with van der Waals surface area (Å²) in [6.07, 6.45) is 6.97. The molecule has 1 N–H and O–H groups in total. The summed E-state index contributed by atoms with van der Waals surface area (Å²) < 4.78 is 13.6. The standard InChI is InChI=1S/C26H39FN4O3/c1-28(2)26(21-7-9-22(27)10-8-21)13-11-25(12-14-26)19-30(18-23(33)29(3)15-16-32)24(34)31(25)17-20-5-4-6-20/h7-10,20,32H,4-6,11-19H2,1-3H3/t25-,26-. The number of amides is 3. The van der Waals surface area contributed by atoms with Gasteiger partial charge in [0.1, 0.15) is 12.4 Å². The molecule has 7 nitrogen and oxygen atoms in total. The number of aliphatic hydroxyl groups excluding tert-OH is 1. The normalized spacial score (nSPS) is 27.5. The third kappa shape index (κ3) is 4.54. The Morgan fingerprint density at radius 1 is 1.12 bits per heavy atom. The van der Waals surface area contributed by atoms with Crippen molar-refractivity contribution in [3.63, 3.8) is 0 Å². The summed E-state index contributed by atoms with van der Waals surface area (Å²) in [5.41, 5.74) is 0.637.